The van der Waals surface area contributed by atoms with E-state index in [-0.39, 0.29) is 5.91 Å². The Morgan fingerprint density at radius 3 is 2.77 bits per heavy atom. The lowest BCUT2D eigenvalue weighted by atomic mass is 10.2. The van der Waals surface area contributed by atoms with Gasteiger partial charge in [0.25, 0.3) is 5.91 Å². The number of pyridine rings is 1. The molecule has 0 bridgehead atoms. The predicted octanol–water partition coefficient (Wildman–Crippen LogP) is 2.83. The molecule has 1 amide bonds. The van der Waals surface area contributed by atoms with Crippen molar-refractivity contribution in [3.05, 3.63) is 42.9 Å². The highest BCUT2D eigenvalue weighted by Crippen LogP contribution is 2.31. The Bertz CT molecular complexity index is 925. The van der Waals surface area contributed by atoms with E-state index in [1.807, 2.05) is 29.8 Å². The zero-order valence-corrected chi connectivity index (χ0v) is 14.7. The lowest BCUT2D eigenvalue weighted by molar-refractivity contribution is 0.0787. The van der Waals surface area contributed by atoms with Crippen LogP contribution in [-0.4, -0.2) is 48.0 Å². The predicted molar refractivity (Wildman–Crippen MR) is 96.8 cm³/mol. The SMILES string of the molecule is O=C(c1cnc2c(c1)ncn2C1CCCC1)N1CCC(n2ccnc2)C1. The van der Waals surface area contributed by atoms with Crippen LogP contribution in [0.25, 0.3) is 11.2 Å². The lowest BCUT2D eigenvalue weighted by Crippen LogP contribution is -2.29. The fourth-order valence-electron chi connectivity index (χ4n) is 4.32. The number of hydrogen-bond donors (Lipinski definition) is 0. The summed E-state index contributed by atoms with van der Waals surface area (Å²) in [4.78, 5) is 28.0. The summed E-state index contributed by atoms with van der Waals surface area (Å²) in [6, 6.07) is 2.70. The molecule has 0 radical (unpaired) electrons. The second-order valence-electron chi connectivity index (χ2n) is 7.36. The normalized spacial score (nSPS) is 21.1. The number of hydrogen-bond acceptors (Lipinski definition) is 4. The van der Waals surface area contributed by atoms with Gasteiger partial charge in [-0.05, 0) is 25.3 Å². The van der Waals surface area contributed by atoms with Crippen molar-refractivity contribution in [3.8, 4) is 0 Å². The summed E-state index contributed by atoms with van der Waals surface area (Å²) >= 11 is 0. The molecule has 0 N–H and O–H groups in total. The van der Waals surface area contributed by atoms with E-state index in [1.54, 1.807) is 12.4 Å². The van der Waals surface area contributed by atoms with Crippen molar-refractivity contribution in [1.29, 1.82) is 0 Å². The highest BCUT2D eigenvalue weighted by atomic mass is 16.2. The van der Waals surface area contributed by atoms with Crippen LogP contribution < -0.4 is 0 Å². The van der Waals surface area contributed by atoms with Crippen LogP contribution in [0.5, 0.6) is 0 Å². The number of carbonyl (C=O) groups excluding carboxylic acids is 1. The summed E-state index contributed by atoms with van der Waals surface area (Å²) in [7, 11) is 0. The average Bonchev–Trinajstić information content (AvgIpc) is 3.47. The minimum Gasteiger partial charge on any atom is -0.336 e. The van der Waals surface area contributed by atoms with Gasteiger partial charge in [-0.2, -0.15) is 0 Å². The molecule has 1 saturated carbocycles. The van der Waals surface area contributed by atoms with Crippen LogP contribution in [0.2, 0.25) is 0 Å². The van der Waals surface area contributed by atoms with Gasteiger partial charge >= 0.3 is 0 Å². The molecule has 1 unspecified atom stereocenters. The average molecular weight is 350 g/mol. The van der Waals surface area contributed by atoms with Crippen LogP contribution in [0.15, 0.2) is 37.3 Å². The summed E-state index contributed by atoms with van der Waals surface area (Å²) in [6.45, 7) is 1.47. The molecule has 7 nitrogen and oxygen atoms in total. The van der Waals surface area contributed by atoms with E-state index < -0.39 is 0 Å². The maximum atomic E-state index is 12.9. The molecule has 1 aliphatic carbocycles. The fourth-order valence-corrected chi connectivity index (χ4v) is 4.32. The van der Waals surface area contributed by atoms with Gasteiger partial charge in [-0.3, -0.25) is 4.79 Å². The molecule has 26 heavy (non-hydrogen) atoms. The first-order valence-corrected chi connectivity index (χ1v) is 9.39. The number of amides is 1. The monoisotopic (exact) mass is 350 g/mol. The minimum absolute atomic E-state index is 0.0393. The molecule has 5 rings (SSSR count). The maximum absolute atomic E-state index is 12.9. The van der Waals surface area contributed by atoms with E-state index in [2.05, 4.69) is 24.1 Å². The minimum atomic E-state index is 0.0393. The molecule has 2 aliphatic rings. The zero-order chi connectivity index (χ0) is 17.5. The maximum Gasteiger partial charge on any atom is 0.255 e. The molecule has 2 fully saturated rings. The van der Waals surface area contributed by atoms with Crippen molar-refractivity contribution >= 4 is 17.1 Å². The van der Waals surface area contributed by atoms with Crippen molar-refractivity contribution in [2.24, 2.45) is 0 Å². The van der Waals surface area contributed by atoms with Gasteiger partial charge in [-0.1, -0.05) is 12.8 Å². The number of likely N-dealkylation sites (tertiary alicyclic amines) is 1. The molecule has 3 aromatic rings. The Kier molecular flexibility index (Phi) is 3.72. The second kappa shape index (κ2) is 6.23. The van der Waals surface area contributed by atoms with E-state index >= 15 is 0 Å². The third-order valence-electron chi connectivity index (χ3n) is 5.78. The molecule has 4 heterocycles. The van der Waals surface area contributed by atoms with Crippen LogP contribution in [0.3, 0.4) is 0 Å². The first kappa shape index (κ1) is 15.5. The Hall–Kier alpha value is -2.70. The van der Waals surface area contributed by atoms with E-state index in [4.69, 9.17) is 0 Å². The molecule has 1 aliphatic heterocycles. The molecule has 3 aromatic heterocycles. The smallest absolute Gasteiger partial charge is 0.255 e. The number of carbonyl (C=O) groups is 1. The van der Waals surface area contributed by atoms with E-state index in [0.29, 0.717) is 24.2 Å². The van der Waals surface area contributed by atoms with Gasteiger partial charge in [0, 0.05) is 37.7 Å². The summed E-state index contributed by atoms with van der Waals surface area (Å²) in [5.41, 5.74) is 2.33. The first-order chi connectivity index (χ1) is 12.8. The number of nitrogens with zero attached hydrogens (tertiary/aromatic N) is 6. The van der Waals surface area contributed by atoms with Gasteiger partial charge < -0.3 is 14.0 Å². The zero-order valence-electron chi connectivity index (χ0n) is 14.7. The van der Waals surface area contributed by atoms with Gasteiger partial charge in [-0.15, -0.1) is 0 Å². The second-order valence-corrected chi connectivity index (χ2v) is 7.36. The molecular weight excluding hydrogens is 328 g/mol. The molecule has 7 heteroatoms. The van der Waals surface area contributed by atoms with Crippen molar-refractivity contribution in [3.63, 3.8) is 0 Å². The standard InChI is InChI=1S/C19H22N6O/c26-19(23-7-5-16(11-23)24-8-6-20-12-24)14-9-17-18(21-10-14)25(13-22-17)15-3-1-2-4-15/h6,8-10,12-13,15-16H,1-5,7,11H2. The van der Waals surface area contributed by atoms with E-state index in [1.165, 1.54) is 25.7 Å². The van der Waals surface area contributed by atoms with Gasteiger partial charge in [0.05, 0.1) is 24.3 Å². The Morgan fingerprint density at radius 2 is 1.96 bits per heavy atom. The fraction of sp³-hybridized carbons (Fsp3) is 0.474. The molecule has 134 valence electrons. The van der Waals surface area contributed by atoms with Crippen molar-refractivity contribution in [2.45, 2.75) is 44.2 Å². The summed E-state index contributed by atoms with van der Waals surface area (Å²) in [6.07, 6.45) is 15.0. The van der Waals surface area contributed by atoms with Gasteiger partial charge in [0.1, 0.15) is 5.52 Å². The number of aromatic nitrogens is 5. The topological polar surface area (TPSA) is 68.8 Å². The number of fused-ring (bicyclic) bond motifs is 1. The van der Waals surface area contributed by atoms with Crippen LogP contribution in [0.4, 0.5) is 0 Å². The quantitative estimate of drug-likeness (QED) is 0.728. The summed E-state index contributed by atoms with van der Waals surface area (Å²) in [5.74, 6) is 0.0393. The Morgan fingerprint density at radius 1 is 1.08 bits per heavy atom. The van der Waals surface area contributed by atoms with Crippen molar-refractivity contribution < 1.29 is 4.79 Å². The third kappa shape index (κ3) is 2.58. The Balaban J connectivity index is 1.36. The van der Waals surface area contributed by atoms with E-state index in [9.17, 15) is 4.79 Å². The lowest BCUT2D eigenvalue weighted by Gasteiger charge is -2.17. The Labute approximate surface area is 151 Å². The van der Waals surface area contributed by atoms with Gasteiger partial charge in [-0.25, -0.2) is 15.0 Å². The molecule has 0 aromatic carbocycles. The van der Waals surface area contributed by atoms with Crippen LogP contribution in [-0.2, 0) is 0 Å². The van der Waals surface area contributed by atoms with Crippen LogP contribution in [0, 0.1) is 0 Å². The van der Waals surface area contributed by atoms with Crippen LogP contribution in [0.1, 0.15) is 54.5 Å². The van der Waals surface area contributed by atoms with Crippen molar-refractivity contribution in [2.75, 3.05) is 13.1 Å². The summed E-state index contributed by atoms with van der Waals surface area (Å²) < 4.78 is 4.26. The van der Waals surface area contributed by atoms with Crippen LogP contribution >= 0.6 is 0 Å². The number of imidazole rings is 2. The number of rotatable bonds is 3. The third-order valence-corrected chi connectivity index (χ3v) is 5.78. The first-order valence-electron chi connectivity index (χ1n) is 9.39. The van der Waals surface area contributed by atoms with Gasteiger partial charge in [0.15, 0.2) is 5.65 Å². The molecular formula is C19H22N6O. The molecule has 0 spiro atoms. The molecule has 1 atom stereocenters. The van der Waals surface area contributed by atoms with E-state index in [0.717, 1.165) is 24.1 Å². The van der Waals surface area contributed by atoms with Crippen molar-refractivity contribution in [1.82, 2.24) is 29.0 Å². The van der Waals surface area contributed by atoms with Gasteiger partial charge in [0.2, 0.25) is 0 Å². The largest absolute Gasteiger partial charge is 0.336 e. The molecule has 1 saturated heterocycles. The highest BCUT2D eigenvalue weighted by molar-refractivity contribution is 5.96. The highest BCUT2D eigenvalue weighted by Gasteiger charge is 2.28. The summed E-state index contributed by atoms with van der Waals surface area (Å²) in [5, 5.41) is 0.